The lowest BCUT2D eigenvalue weighted by Crippen LogP contribution is -2.60. The Balaban J connectivity index is 1.16. The molecule has 0 bridgehead atoms. The summed E-state index contributed by atoms with van der Waals surface area (Å²) in [5.74, 6) is 0. The van der Waals surface area contributed by atoms with Crippen molar-refractivity contribution in [3.63, 3.8) is 0 Å². The van der Waals surface area contributed by atoms with E-state index in [2.05, 4.69) is 236 Å². The van der Waals surface area contributed by atoms with Gasteiger partial charge in [0.05, 0.1) is 11.0 Å². The van der Waals surface area contributed by atoms with Crippen LogP contribution in [0.5, 0.6) is 0 Å². The first-order valence-corrected chi connectivity index (χ1v) is 23.2. The molecule has 308 valence electrons. The van der Waals surface area contributed by atoms with Crippen LogP contribution in [0.4, 0.5) is 17.1 Å². The Morgan fingerprint density at radius 3 is 1.71 bits per heavy atom. The molecule has 2 nitrogen and oxygen atoms in total. The van der Waals surface area contributed by atoms with Crippen molar-refractivity contribution >= 4 is 94.3 Å². The van der Waals surface area contributed by atoms with Crippen LogP contribution in [0.2, 0.25) is 0 Å². The van der Waals surface area contributed by atoms with Gasteiger partial charge in [-0.3, -0.25) is 0 Å². The maximum Gasteiger partial charge on any atom is 0.252 e. The second kappa shape index (κ2) is 13.9. The first kappa shape index (κ1) is 37.3. The summed E-state index contributed by atoms with van der Waals surface area (Å²) in [5.41, 5.74) is 22.6. The van der Waals surface area contributed by atoms with E-state index in [1.807, 2.05) is 0 Å². The molecule has 0 N–H and O–H groups in total. The Hall–Kier alpha value is -8.14. The summed E-state index contributed by atoms with van der Waals surface area (Å²) in [7, 11) is 0. The van der Waals surface area contributed by atoms with Gasteiger partial charge in [-0.25, -0.2) is 0 Å². The first-order chi connectivity index (χ1) is 32.5. The minimum Gasteiger partial charge on any atom is -0.311 e. The van der Waals surface area contributed by atoms with Gasteiger partial charge in [0.2, 0.25) is 0 Å². The van der Waals surface area contributed by atoms with E-state index in [1.165, 1.54) is 143 Å². The van der Waals surface area contributed by atoms with Crippen molar-refractivity contribution in [3.8, 4) is 39.1 Å². The SMILES string of the molecule is Cc1cc(C)cc(N2c3cc4ccccc4cc3B3c4c2cc(C)cc4-n2c4cc(-c5c(-c6ccccc6)cccc5-c5ccccc5)ccc4c4c5c(ccc6ccccc65)cc3c42)c1. The van der Waals surface area contributed by atoms with E-state index in [0.717, 1.165) is 0 Å². The van der Waals surface area contributed by atoms with Gasteiger partial charge < -0.3 is 9.47 Å². The maximum atomic E-state index is 2.66. The Bertz CT molecular complexity index is 3950. The summed E-state index contributed by atoms with van der Waals surface area (Å²) in [6.07, 6.45) is 0. The van der Waals surface area contributed by atoms with Gasteiger partial charge in [-0.1, -0.05) is 170 Å². The van der Waals surface area contributed by atoms with Gasteiger partial charge in [0.25, 0.3) is 6.71 Å². The van der Waals surface area contributed by atoms with Gasteiger partial charge in [-0.15, -0.1) is 0 Å². The Labute approximate surface area is 384 Å². The molecule has 0 spiro atoms. The number of nitrogens with zero attached hydrogens (tertiary/aromatic N) is 2. The normalized spacial score (nSPS) is 12.7. The molecule has 66 heavy (non-hydrogen) atoms. The Morgan fingerprint density at radius 2 is 0.985 bits per heavy atom. The topological polar surface area (TPSA) is 8.17 Å². The second-order valence-electron chi connectivity index (χ2n) is 18.7. The number of aryl methyl sites for hydroxylation is 3. The fraction of sp³-hybridized carbons (Fsp3) is 0.0476. The summed E-state index contributed by atoms with van der Waals surface area (Å²) < 4.78 is 2.66. The summed E-state index contributed by atoms with van der Waals surface area (Å²) in [6.45, 7) is 6.73. The van der Waals surface area contributed by atoms with E-state index in [1.54, 1.807) is 0 Å². The monoisotopic (exact) mass is 838 g/mol. The lowest BCUT2D eigenvalue weighted by atomic mass is 9.33. The molecule has 0 fully saturated rings. The average Bonchev–Trinajstić information content (AvgIpc) is 3.69. The van der Waals surface area contributed by atoms with Crippen molar-refractivity contribution in [2.24, 2.45) is 0 Å². The van der Waals surface area contributed by atoms with Crippen LogP contribution in [0.15, 0.2) is 206 Å². The van der Waals surface area contributed by atoms with Crippen molar-refractivity contribution in [1.82, 2.24) is 4.57 Å². The minimum atomic E-state index is 0.00973. The third kappa shape index (κ3) is 5.32. The van der Waals surface area contributed by atoms with Crippen molar-refractivity contribution < 1.29 is 0 Å². The van der Waals surface area contributed by atoms with E-state index in [-0.39, 0.29) is 6.71 Å². The first-order valence-electron chi connectivity index (χ1n) is 23.2. The fourth-order valence-corrected chi connectivity index (χ4v) is 12.0. The molecule has 12 aromatic rings. The Kier molecular flexibility index (Phi) is 7.87. The van der Waals surface area contributed by atoms with Crippen LogP contribution in [0, 0.1) is 20.8 Å². The van der Waals surface area contributed by atoms with E-state index in [0.29, 0.717) is 0 Å². The molecule has 14 rings (SSSR count). The van der Waals surface area contributed by atoms with Crippen LogP contribution in [-0.4, -0.2) is 11.3 Å². The smallest absolute Gasteiger partial charge is 0.252 e. The van der Waals surface area contributed by atoms with Crippen molar-refractivity contribution in [1.29, 1.82) is 0 Å². The second-order valence-corrected chi connectivity index (χ2v) is 18.7. The van der Waals surface area contributed by atoms with Crippen molar-refractivity contribution in [2.75, 3.05) is 4.90 Å². The number of aromatic nitrogens is 1. The lowest BCUT2D eigenvalue weighted by Gasteiger charge is -2.41. The third-order valence-electron chi connectivity index (χ3n) is 14.6. The molecule has 0 atom stereocenters. The molecule has 0 aliphatic carbocycles. The highest BCUT2D eigenvalue weighted by molar-refractivity contribution is 7.00. The summed E-state index contributed by atoms with van der Waals surface area (Å²) in [6, 6.07) is 77.8. The van der Waals surface area contributed by atoms with Crippen LogP contribution in [0.3, 0.4) is 0 Å². The number of anilines is 3. The van der Waals surface area contributed by atoms with E-state index >= 15 is 0 Å². The predicted molar refractivity (Wildman–Crippen MR) is 283 cm³/mol. The van der Waals surface area contributed by atoms with Gasteiger partial charge in [-0.2, -0.15) is 0 Å². The number of hydrogen-bond donors (Lipinski definition) is 0. The van der Waals surface area contributed by atoms with E-state index < -0.39 is 0 Å². The van der Waals surface area contributed by atoms with Gasteiger partial charge in [0, 0.05) is 33.5 Å². The molecule has 3 heteroatoms. The van der Waals surface area contributed by atoms with E-state index in [9.17, 15) is 0 Å². The number of hydrogen-bond acceptors (Lipinski definition) is 1. The molecule has 0 radical (unpaired) electrons. The quantitative estimate of drug-likeness (QED) is 0.127. The van der Waals surface area contributed by atoms with Gasteiger partial charge >= 0.3 is 0 Å². The van der Waals surface area contributed by atoms with Crippen LogP contribution in [0.25, 0.3) is 93.2 Å². The fourth-order valence-electron chi connectivity index (χ4n) is 12.0. The zero-order valence-electron chi connectivity index (χ0n) is 37.1. The highest BCUT2D eigenvalue weighted by Crippen LogP contribution is 2.48. The minimum absolute atomic E-state index is 0.00973. The molecular weight excluding hydrogens is 796 g/mol. The summed E-state index contributed by atoms with van der Waals surface area (Å²) >= 11 is 0. The van der Waals surface area contributed by atoms with Crippen molar-refractivity contribution in [3.05, 3.63) is 223 Å². The zero-order chi connectivity index (χ0) is 43.8. The Morgan fingerprint density at radius 1 is 0.379 bits per heavy atom. The molecule has 0 saturated carbocycles. The molecular formula is C63H43BN2. The van der Waals surface area contributed by atoms with Gasteiger partial charge in [0.1, 0.15) is 0 Å². The summed E-state index contributed by atoms with van der Waals surface area (Å²) in [5, 5.41) is 10.3. The number of rotatable bonds is 4. The molecule has 2 aliphatic heterocycles. The third-order valence-corrected chi connectivity index (χ3v) is 14.6. The number of benzene rings is 11. The molecule has 0 amide bonds. The van der Waals surface area contributed by atoms with Crippen LogP contribution >= 0.6 is 0 Å². The van der Waals surface area contributed by atoms with Gasteiger partial charge in [-0.05, 0) is 156 Å². The zero-order valence-corrected chi connectivity index (χ0v) is 37.1. The highest BCUT2D eigenvalue weighted by Gasteiger charge is 2.43. The van der Waals surface area contributed by atoms with E-state index in [4.69, 9.17) is 0 Å². The molecule has 1 aromatic heterocycles. The van der Waals surface area contributed by atoms with Crippen molar-refractivity contribution in [2.45, 2.75) is 20.8 Å². The molecule has 0 saturated heterocycles. The average molecular weight is 839 g/mol. The van der Waals surface area contributed by atoms with Crippen LogP contribution in [0.1, 0.15) is 16.7 Å². The molecule has 11 aromatic carbocycles. The highest BCUT2D eigenvalue weighted by atomic mass is 15.2. The number of fused-ring (bicyclic) bond motifs is 12. The summed E-state index contributed by atoms with van der Waals surface area (Å²) in [4.78, 5) is 2.57. The molecule has 2 aliphatic rings. The van der Waals surface area contributed by atoms with Gasteiger partial charge in [0.15, 0.2) is 0 Å². The predicted octanol–water partition coefficient (Wildman–Crippen LogP) is 14.8. The molecule has 3 heterocycles. The lowest BCUT2D eigenvalue weighted by molar-refractivity contribution is 1.17. The standard InChI is InChI=1S/C63H43BN2/c1-38-29-39(2)31-48(30-38)65-56-36-45-21-11-10-20-44(45)34-53(56)64-54-35-46-26-25-43-19-12-13-22-51(43)60(46)61-52-28-27-47(37-55(52)66(63(54)61)58-33-40(3)32-57(65)62(58)64)59-49(41-15-6-4-7-16-41)23-14-24-50(59)42-17-8-5-9-18-42/h4-37H,1-3H3. The van der Waals surface area contributed by atoms with Crippen LogP contribution in [-0.2, 0) is 0 Å². The largest absolute Gasteiger partial charge is 0.311 e. The molecule has 0 unspecified atom stereocenters. The van der Waals surface area contributed by atoms with Crippen LogP contribution < -0.4 is 21.3 Å². The maximum absolute atomic E-state index is 2.66.